The molecule has 1 aliphatic carbocycles. The predicted molar refractivity (Wildman–Crippen MR) is 135 cm³/mol. The minimum absolute atomic E-state index is 0. The Labute approximate surface area is 244 Å². The van der Waals surface area contributed by atoms with Crippen molar-refractivity contribution in [3.63, 3.8) is 0 Å². The number of β-lactam (4-membered cyclic amide) rings is 1. The maximum atomic E-state index is 12.9. The number of para-hydroxylation sites is 2. The van der Waals surface area contributed by atoms with Crippen LogP contribution >= 0.6 is 23.5 Å². The van der Waals surface area contributed by atoms with E-state index in [0.29, 0.717) is 41.1 Å². The van der Waals surface area contributed by atoms with Crippen molar-refractivity contribution < 1.29 is 55.3 Å². The van der Waals surface area contributed by atoms with Gasteiger partial charge in [0.05, 0.1) is 16.8 Å². The molecule has 3 N–H and O–H groups in total. The average Bonchev–Trinajstić information content (AvgIpc) is 3.52. The van der Waals surface area contributed by atoms with Crippen LogP contribution < -0.4 is 34.9 Å². The topological polar surface area (TPSA) is 136 Å². The second-order valence-electron chi connectivity index (χ2n) is 9.13. The summed E-state index contributed by atoms with van der Waals surface area (Å²) in [6.45, 7) is 0.656. The number of carboxylic acids is 1. The molecule has 3 fully saturated rings. The van der Waals surface area contributed by atoms with Crippen molar-refractivity contribution in [2.75, 3.05) is 18.1 Å². The Bertz CT molecular complexity index is 1340. The van der Waals surface area contributed by atoms with Gasteiger partial charge in [-0.15, -0.1) is 11.8 Å². The molecule has 6 rings (SSSR count). The van der Waals surface area contributed by atoms with E-state index in [2.05, 4.69) is 15.3 Å². The Morgan fingerprint density at radius 2 is 2.08 bits per heavy atom. The van der Waals surface area contributed by atoms with E-state index in [1.54, 1.807) is 6.08 Å². The van der Waals surface area contributed by atoms with E-state index in [4.69, 9.17) is 0 Å². The van der Waals surface area contributed by atoms with Gasteiger partial charge in [-0.05, 0) is 43.0 Å². The first-order valence-electron chi connectivity index (χ1n) is 11.7. The Balaban J connectivity index is 0.00000168. The SMILES string of the molecule is O=C(CSc1nc2ccccc2[nH]1)N[C@@H]1C(=O)N2C(C(=O)O)=C(/C=C3\CCN(C4CC4)C3=O)CS[C@H]12.[H-].[Na+]. The van der Waals surface area contributed by atoms with E-state index >= 15 is 0 Å². The molecule has 188 valence electrons. The van der Waals surface area contributed by atoms with Gasteiger partial charge in [-0.25, -0.2) is 9.78 Å². The van der Waals surface area contributed by atoms with E-state index in [1.165, 1.54) is 28.4 Å². The van der Waals surface area contributed by atoms with E-state index in [9.17, 15) is 24.3 Å². The van der Waals surface area contributed by atoms with Crippen LogP contribution in [0.25, 0.3) is 11.0 Å². The molecule has 10 nitrogen and oxygen atoms in total. The third-order valence-corrected chi connectivity index (χ3v) is 8.89. The van der Waals surface area contributed by atoms with Crippen molar-refractivity contribution in [1.29, 1.82) is 0 Å². The number of amides is 3. The van der Waals surface area contributed by atoms with Gasteiger partial charge in [0.15, 0.2) is 5.16 Å². The maximum Gasteiger partial charge on any atom is 1.00 e. The van der Waals surface area contributed by atoms with Crippen LogP contribution in [-0.2, 0) is 19.2 Å². The summed E-state index contributed by atoms with van der Waals surface area (Å²) in [6.07, 6.45) is 4.27. The zero-order valence-corrected chi connectivity index (χ0v) is 23.7. The van der Waals surface area contributed by atoms with Crippen molar-refractivity contribution in [1.82, 2.24) is 25.1 Å². The molecule has 37 heavy (non-hydrogen) atoms. The van der Waals surface area contributed by atoms with Crippen LogP contribution in [0.3, 0.4) is 0 Å². The second kappa shape index (κ2) is 10.5. The van der Waals surface area contributed by atoms with Crippen molar-refractivity contribution in [3.8, 4) is 0 Å². The van der Waals surface area contributed by atoms with E-state index in [-0.39, 0.29) is 54.2 Å². The van der Waals surface area contributed by atoms with Crippen molar-refractivity contribution >= 4 is 58.2 Å². The summed E-state index contributed by atoms with van der Waals surface area (Å²) in [4.78, 5) is 60.9. The number of carbonyl (C=O) groups excluding carboxylic acids is 3. The van der Waals surface area contributed by atoms with Crippen LogP contribution in [0.1, 0.15) is 20.7 Å². The molecule has 13 heteroatoms. The second-order valence-corrected chi connectivity index (χ2v) is 11.2. The average molecular weight is 550 g/mol. The number of hydrogen-bond donors (Lipinski definition) is 3. The molecule has 0 unspecified atom stereocenters. The third kappa shape index (κ3) is 4.97. The fourth-order valence-corrected chi connectivity index (χ4v) is 6.82. The van der Waals surface area contributed by atoms with Crippen LogP contribution in [0.15, 0.2) is 52.3 Å². The number of benzene rings is 1. The first-order chi connectivity index (χ1) is 17.4. The normalized spacial score (nSPS) is 24.3. The quantitative estimate of drug-likeness (QED) is 0.170. The summed E-state index contributed by atoms with van der Waals surface area (Å²) in [6, 6.07) is 7.08. The number of hydrogen-bond acceptors (Lipinski definition) is 7. The van der Waals surface area contributed by atoms with Crippen LogP contribution in [0, 0.1) is 0 Å². The van der Waals surface area contributed by atoms with Crippen molar-refractivity contribution in [2.45, 2.75) is 41.9 Å². The van der Waals surface area contributed by atoms with Gasteiger partial charge in [0.1, 0.15) is 17.1 Å². The van der Waals surface area contributed by atoms with Crippen LogP contribution in [0.2, 0.25) is 0 Å². The largest absolute Gasteiger partial charge is 1.00 e. The third-order valence-electron chi connectivity index (χ3n) is 6.72. The fraction of sp³-hybridized carbons (Fsp3) is 0.375. The Kier molecular flexibility index (Phi) is 7.47. The number of H-pyrrole nitrogens is 1. The minimum atomic E-state index is -1.21. The summed E-state index contributed by atoms with van der Waals surface area (Å²) in [5.74, 6) is -1.63. The first-order valence-corrected chi connectivity index (χ1v) is 13.7. The van der Waals surface area contributed by atoms with Gasteiger partial charge >= 0.3 is 35.5 Å². The Morgan fingerprint density at radius 1 is 1.30 bits per heavy atom. The van der Waals surface area contributed by atoms with Crippen molar-refractivity contribution in [3.05, 3.63) is 47.2 Å². The number of nitrogens with one attached hydrogen (secondary N) is 2. The predicted octanol–water partition coefficient (Wildman–Crippen LogP) is -1.17. The Hall–Kier alpha value is -2.25. The molecule has 2 atom stereocenters. The van der Waals surface area contributed by atoms with Gasteiger partial charge < -0.3 is 21.7 Å². The Morgan fingerprint density at radius 3 is 2.81 bits per heavy atom. The van der Waals surface area contributed by atoms with Crippen LogP contribution in [-0.4, -0.2) is 84.1 Å². The molecule has 3 amide bonds. The molecular weight excluding hydrogens is 525 g/mol. The number of allylic oxidation sites excluding steroid dienone is 1. The molecule has 4 aliphatic rings. The van der Waals surface area contributed by atoms with Gasteiger partial charge in [0.25, 0.3) is 5.91 Å². The minimum Gasteiger partial charge on any atom is -1.00 e. The summed E-state index contributed by atoms with van der Waals surface area (Å²) in [7, 11) is 0. The molecule has 1 saturated carbocycles. The molecule has 0 radical (unpaired) electrons. The number of likely N-dealkylation sites (tertiary alicyclic amines) is 1. The molecule has 2 aromatic rings. The molecule has 1 aromatic carbocycles. The van der Waals surface area contributed by atoms with Crippen molar-refractivity contribution in [2.24, 2.45) is 0 Å². The van der Waals surface area contributed by atoms with E-state index in [1.807, 2.05) is 29.2 Å². The van der Waals surface area contributed by atoms with Gasteiger partial charge in [0.2, 0.25) is 11.8 Å². The maximum absolute atomic E-state index is 12.9. The standard InChI is InChI=1S/C24H23N5O5S2.Na.H/c30-17(11-36-24-25-15-3-1-2-4-16(15)26-24)27-18-21(32)29-19(23(33)34)13(10-35-22(18)29)9-12-7-8-28(20(12)31)14-5-6-14;;/h1-4,9,14,18,22H,5-8,10-11H2,(H,25,26)(H,27,30)(H,33,34);;/q;+1;-1/b12-9+;;/t18-,22-;;/m1../s1. The molecular formula is C24H24N5NaO5S2. The molecule has 1 aromatic heterocycles. The van der Waals surface area contributed by atoms with E-state index in [0.717, 1.165) is 23.9 Å². The summed E-state index contributed by atoms with van der Waals surface area (Å²) in [5.41, 5.74) is 2.64. The number of carboxylic acid groups (broad SMARTS) is 1. The first kappa shape index (κ1) is 26.4. The zero-order valence-electron chi connectivity index (χ0n) is 21.1. The summed E-state index contributed by atoms with van der Waals surface area (Å²) in [5, 5.41) is 12.7. The van der Waals surface area contributed by atoms with Gasteiger partial charge in [-0.1, -0.05) is 23.9 Å². The smallest absolute Gasteiger partial charge is 1.00 e. The summed E-state index contributed by atoms with van der Waals surface area (Å²) >= 11 is 2.63. The number of thioether (sulfide) groups is 2. The number of aliphatic carboxylic acids is 1. The van der Waals surface area contributed by atoms with Gasteiger partial charge in [-0.2, -0.15) is 0 Å². The zero-order chi connectivity index (χ0) is 25.0. The summed E-state index contributed by atoms with van der Waals surface area (Å²) < 4.78 is 0. The van der Waals surface area contributed by atoms with Crippen LogP contribution in [0.4, 0.5) is 0 Å². The molecule has 3 aliphatic heterocycles. The van der Waals surface area contributed by atoms with E-state index < -0.39 is 23.3 Å². The molecule has 0 bridgehead atoms. The molecule has 0 spiro atoms. The number of aromatic nitrogens is 2. The number of rotatable bonds is 7. The van der Waals surface area contributed by atoms with Crippen LogP contribution in [0.5, 0.6) is 0 Å². The number of carbonyl (C=O) groups is 4. The molecule has 2 saturated heterocycles. The fourth-order valence-electron chi connectivity index (χ4n) is 4.81. The number of nitrogens with zero attached hydrogens (tertiary/aromatic N) is 3. The number of imidazole rings is 1. The monoisotopic (exact) mass is 549 g/mol. The van der Waals surface area contributed by atoms with Gasteiger partial charge in [-0.3, -0.25) is 19.3 Å². The molecule has 4 heterocycles. The number of fused-ring (bicyclic) bond motifs is 2. The van der Waals surface area contributed by atoms with Gasteiger partial charge in [0, 0.05) is 23.9 Å². The number of aromatic amines is 1.